The number of H-pyrrole nitrogens is 1. The molecule has 0 spiro atoms. The maximum atomic E-state index is 12.9. The summed E-state index contributed by atoms with van der Waals surface area (Å²) in [5, 5.41) is 11.1. The van der Waals surface area contributed by atoms with Gasteiger partial charge in [-0.2, -0.15) is 0 Å². The fourth-order valence-electron chi connectivity index (χ4n) is 2.72. The van der Waals surface area contributed by atoms with Crippen molar-refractivity contribution in [3.05, 3.63) is 52.8 Å². The lowest BCUT2D eigenvalue weighted by atomic mass is 10.0. The average molecular weight is 353 g/mol. The molecule has 25 heavy (non-hydrogen) atoms. The summed E-state index contributed by atoms with van der Waals surface area (Å²) in [5.41, 5.74) is 1.05. The van der Waals surface area contributed by atoms with Crippen molar-refractivity contribution in [3.8, 4) is 11.5 Å². The minimum atomic E-state index is -0.128. The van der Waals surface area contributed by atoms with E-state index in [0.717, 1.165) is 16.3 Å². The molecule has 0 aliphatic rings. The Morgan fingerprint density at radius 2 is 2.04 bits per heavy atom. The molecule has 0 saturated heterocycles. The number of thioether (sulfide) groups is 1. The van der Waals surface area contributed by atoms with Crippen LogP contribution in [0.4, 0.5) is 0 Å². The average Bonchev–Trinajstić information content (AvgIpc) is 3.11. The number of rotatable bonds is 5. The number of ether oxygens (including phenoxy) is 1. The van der Waals surface area contributed by atoms with Crippen LogP contribution < -0.4 is 5.43 Å². The predicted octanol–water partition coefficient (Wildman–Crippen LogP) is 3.47. The maximum Gasteiger partial charge on any atom is 0.276 e. The van der Waals surface area contributed by atoms with Crippen molar-refractivity contribution in [3.63, 3.8) is 0 Å². The predicted molar refractivity (Wildman–Crippen MR) is 98.0 cm³/mol. The number of hydrogen-bond acceptors (Lipinski definition) is 6. The topological polar surface area (TPSA) is 81.0 Å². The van der Waals surface area contributed by atoms with Gasteiger partial charge < -0.3 is 14.1 Å². The number of nitrogens with one attached hydrogen (secondary N) is 1. The third kappa shape index (κ3) is 2.92. The molecule has 6 nitrogen and oxygen atoms in total. The van der Waals surface area contributed by atoms with Crippen molar-refractivity contribution in [2.24, 2.45) is 0 Å². The van der Waals surface area contributed by atoms with Crippen molar-refractivity contribution < 1.29 is 9.15 Å². The number of pyridine rings is 1. The van der Waals surface area contributed by atoms with Crippen LogP contribution in [0, 0.1) is 0 Å². The van der Waals surface area contributed by atoms with Crippen molar-refractivity contribution in [1.82, 2.24) is 15.2 Å². The molecule has 0 atom stereocenters. The molecule has 4 rings (SSSR count). The highest BCUT2D eigenvalue weighted by Crippen LogP contribution is 2.25. The summed E-state index contributed by atoms with van der Waals surface area (Å²) >= 11 is 1.39. The van der Waals surface area contributed by atoms with Gasteiger partial charge in [-0.25, -0.2) is 0 Å². The molecule has 2 aromatic heterocycles. The largest absolute Gasteiger partial charge is 0.411 e. The van der Waals surface area contributed by atoms with Crippen molar-refractivity contribution in [2.45, 2.75) is 5.22 Å². The van der Waals surface area contributed by atoms with Gasteiger partial charge in [-0.1, -0.05) is 42.1 Å². The van der Waals surface area contributed by atoms with Gasteiger partial charge in [0.25, 0.3) is 11.1 Å². The van der Waals surface area contributed by atoms with Gasteiger partial charge in [0.05, 0.1) is 12.1 Å². The van der Waals surface area contributed by atoms with Gasteiger partial charge in [-0.05, 0) is 11.5 Å². The molecule has 1 N–H and O–H groups in total. The molecule has 0 radical (unpaired) electrons. The van der Waals surface area contributed by atoms with E-state index in [1.807, 2.05) is 36.4 Å². The fourth-order valence-corrected chi connectivity index (χ4v) is 3.38. The Labute approximate surface area is 147 Å². The van der Waals surface area contributed by atoms with E-state index in [4.69, 9.17) is 9.15 Å². The van der Waals surface area contributed by atoms with Crippen molar-refractivity contribution in [2.75, 3.05) is 19.5 Å². The molecule has 0 aliphatic heterocycles. The van der Waals surface area contributed by atoms with Gasteiger partial charge in [0.2, 0.25) is 5.43 Å². The first-order chi connectivity index (χ1) is 12.3. The highest BCUT2D eigenvalue weighted by molar-refractivity contribution is 7.99. The molecule has 4 aromatic rings. The Bertz CT molecular complexity index is 1100. The molecule has 2 heterocycles. The van der Waals surface area contributed by atoms with Gasteiger partial charge in [-0.3, -0.25) is 4.79 Å². The van der Waals surface area contributed by atoms with E-state index in [0.29, 0.717) is 28.5 Å². The second kappa shape index (κ2) is 6.70. The SMILES string of the molecule is COCCSc1nnc(-c2c[nH]c3c(ccc4ccccc43)c2=O)o1. The molecule has 126 valence electrons. The van der Waals surface area contributed by atoms with E-state index >= 15 is 0 Å². The number of aromatic nitrogens is 3. The van der Waals surface area contributed by atoms with E-state index in [1.54, 1.807) is 13.3 Å². The monoisotopic (exact) mass is 353 g/mol. The number of fused-ring (bicyclic) bond motifs is 3. The van der Waals surface area contributed by atoms with Crippen LogP contribution in [0.1, 0.15) is 0 Å². The Morgan fingerprint density at radius 3 is 2.92 bits per heavy atom. The summed E-state index contributed by atoms with van der Waals surface area (Å²) in [6.07, 6.45) is 1.63. The lowest BCUT2D eigenvalue weighted by Crippen LogP contribution is -2.06. The number of aromatic amines is 1. The normalized spacial score (nSPS) is 11.4. The summed E-state index contributed by atoms with van der Waals surface area (Å²) < 4.78 is 10.6. The zero-order valence-corrected chi connectivity index (χ0v) is 14.3. The molecular formula is C18H15N3O3S. The van der Waals surface area contributed by atoms with Crippen molar-refractivity contribution >= 4 is 33.4 Å². The highest BCUT2D eigenvalue weighted by Gasteiger charge is 2.15. The number of nitrogens with zero attached hydrogens (tertiary/aromatic N) is 2. The standard InChI is InChI=1S/C18H15N3O3S/c1-23-8-9-25-18-21-20-17(24-18)14-10-19-15-12-5-3-2-4-11(12)6-7-13(15)16(14)22/h2-7,10H,8-9H2,1H3,(H,19,22). The summed E-state index contributed by atoms with van der Waals surface area (Å²) in [5.74, 6) is 0.925. The third-order valence-corrected chi connectivity index (χ3v) is 4.71. The number of methoxy groups -OCH3 is 1. The van der Waals surface area contributed by atoms with Gasteiger partial charge in [0, 0.05) is 29.8 Å². The van der Waals surface area contributed by atoms with Crippen LogP contribution in [0.25, 0.3) is 33.1 Å². The van der Waals surface area contributed by atoms with Crippen LogP contribution >= 0.6 is 11.8 Å². The number of benzene rings is 2. The third-order valence-electron chi connectivity index (χ3n) is 3.93. The van der Waals surface area contributed by atoms with Crippen LogP contribution in [0.15, 0.2) is 57.0 Å². The summed E-state index contributed by atoms with van der Waals surface area (Å²) in [6, 6.07) is 11.7. The van der Waals surface area contributed by atoms with Crippen LogP contribution in [-0.2, 0) is 4.74 Å². The summed E-state index contributed by atoms with van der Waals surface area (Å²) in [6.45, 7) is 0.589. The molecule has 0 amide bonds. The summed E-state index contributed by atoms with van der Waals surface area (Å²) in [7, 11) is 1.64. The Morgan fingerprint density at radius 1 is 1.16 bits per heavy atom. The van der Waals surface area contributed by atoms with Gasteiger partial charge >= 0.3 is 0 Å². The lowest BCUT2D eigenvalue weighted by Gasteiger charge is -2.04. The summed E-state index contributed by atoms with van der Waals surface area (Å²) in [4.78, 5) is 16.1. The second-order valence-electron chi connectivity index (χ2n) is 5.46. The smallest absolute Gasteiger partial charge is 0.276 e. The lowest BCUT2D eigenvalue weighted by molar-refractivity contribution is 0.218. The maximum absolute atomic E-state index is 12.9. The molecule has 7 heteroatoms. The minimum absolute atomic E-state index is 0.128. The second-order valence-corrected chi connectivity index (χ2v) is 6.50. The van der Waals surface area contributed by atoms with Crippen LogP contribution in [0.3, 0.4) is 0 Å². The molecular weight excluding hydrogens is 338 g/mol. The molecule has 0 fully saturated rings. The first-order valence-electron chi connectivity index (χ1n) is 7.76. The van der Waals surface area contributed by atoms with Crippen LogP contribution in [0.5, 0.6) is 0 Å². The molecule has 2 aromatic carbocycles. The van der Waals surface area contributed by atoms with Gasteiger partial charge in [0.1, 0.15) is 5.56 Å². The fraction of sp³-hybridized carbons (Fsp3) is 0.167. The molecule has 0 aliphatic carbocycles. The Kier molecular flexibility index (Phi) is 4.25. The molecule has 0 unspecified atom stereocenters. The van der Waals surface area contributed by atoms with E-state index in [9.17, 15) is 4.79 Å². The van der Waals surface area contributed by atoms with E-state index in [1.165, 1.54) is 11.8 Å². The Hall–Kier alpha value is -2.64. The minimum Gasteiger partial charge on any atom is -0.411 e. The van der Waals surface area contributed by atoms with E-state index < -0.39 is 0 Å². The highest BCUT2D eigenvalue weighted by atomic mass is 32.2. The quantitative estimate of drug-likeness (QED) is 0.336. The van der Waals surface area contributed by atoms with Gasteiger partial charge in [0.15, 0.2) is 0 Å². The van der Waals surface area contributed by atoms with Crippen LogP contribution in [0.2, 0.25) is 0 Å². The van der Waals surface area contributed by atoms with E-state index in [2.05, 4.69) is 15.2 Å². The first-order valence-corrected chi connectivity index (χ1v) is 8.75. The van der Waals surface area contributed by atoms with E-state index in [-0.39, 0.29) is 11.3 Å². The van der Waals surface area contributed by atoms with Crippen molar-refractivity contribution in [1.29, 1.82) is 0 Å². The van der Waals surface area contributed by atoms with Gasteiger partial charge in [-0.15, -0.1) is 10.2 Å². The number of hydrogen-bond donors (Lipinski definition) is 1. The zero-order valence-electron chi connectivity index (χ0n) is 13.5. The molecule has 0 saturated carbocycles. The first kappa shape index (κ1) is 15.9. The van der Waals surface area contributed by atoms with Crippen LogP contribution in [-0.4, -0.2) is 34.7 Å². The molecule has 0 bridgehead atoms. The zero-order chi connectivity index (χ0) is 17.2. The Balaban J connectivity index is 1.77.